The molecule has 21 heavy (non-hydrogen) atoms. The Bertz CT molecular complexity index is 605. The van der Waals surface area contributed by atoms with E-state index in [-0.39, 0.29) is 24.5 Å². The minimum Gasteiger partial charge on any atom is -0.481 e. The van der Waals surface area contributed by atoms with E-state index in [0.717, 1.165) is 6.07 Å². The number of hydrogen-bond donors (Lipinski definition) is 2. The highest BCUT2D eigenvalue weighted by atomic mass is 79.9. The highest BCUT2D eigenvalue weighted by Crippen LogP contribution is 2.22. The zero-order valence-electron chi connectivity index (χ0n) is 10.6. The molecule has 1 saturated heterocycles. The molecule has 9 heteroatoms. The average Bonchev–Trinajstić information content (AvgIpc) is 2.86. The molecule has 0 radical (unpaired) electrons. The third-order valence-electron chi connectivity index (χ3n) is 3.07. The van der Waals surface area contributed by atoms with Crippen LogP contribution in [0.5, 0.6) is 0 Å². The van der Waals surface area contributed by atoms with Crippen LogP contribution in [0.25, 0.3) is 0 Å². The molecule has 112 valence electrons. The van der Waals surface area contributed by atoms with Crippen molar-refractivity contribution in [1.29, 1.82) is 0 Å². The first-order valence-electron chi connectivity index (χ1n) is 5.95. The number of benzene rings is 1. The van der Waals surface area contributed by atoms with E-state index in [0.29, 0.717) is 4.47 Å². The predicted molar refractivity (Wildman–Crippen MR) is 74.0 cm³/mol. The van der Waals surface area contributed by atoms with Gasteiger partial charge < -0.3 is 15.2 Å². The van der Waals surface area contributed by atoms with Crippen molar-refractivity contribution in [2.75, 3.05) is 13.2 Å². The lowest BCUT2D eigenvalue weighted by molar-refractivity contribution is -0.385. The molecule has 1 aliphatic rings. The molecule has 1 amide bonds. The van der Waals surface area contributed by atoms with Gasteiger partial charge in [0.05, 0.1) is 24.2 Å². The van der Waals surface area contributed by atoms with Gasteiger partial charge in [-0.1, -0.05) is 15.9 Å². The second-order valence-corrected chi connectivity index (χ2v) is 5.43. The van der Waals surface area contributed by atoms with Crippen molar-refractivity contribution in [2.24, 2.45) is 5.92 Å². The average molecular weight is 359 g/mol. The summed E-state index contributed by atoms with van der Waals surface area (Å²) in [5.41, 5.74) is -0.154. The van der Waals surface area contributed by atoms with Crippen molar-refractivity contribution in [1.82, 2.24) is 5.32 Å². The predicted octanol–water partition coefficient (Wildman–Crippen LogP) is 1.19. The van der Waals surface area contributed by atoms with Gasteiger partial charge in [0, 0.05) is 22.2 Å². The molecule has 1 fully saturated rings. The van der Waals surface area contributed by atoms with Crippen LogP contribution in [0.1, 0.15) is 10.4 Å². The maximum Gasteiger partial charge on any atom is 0.311 e. The number of ether oxygens (including phenoxy) is 1. The van der Waals surface area contributed by atoms with Crippen LogP contribution in [0.2, 0.25) is 0 Å². The van der Waals surface area contributed by atoms with Crippen molar-refractivity contribution in [3.63, 3.8) is 0 Å². The van der Waals surface area contributed by atoms with Crippen LogP contribution >= 0.6 is 15.9 Å². The van der Waals surface area contributed by atoms with Crippen LogP contribution in [-0.2, 0) is 9.53 Å². The molecule has 2 rings (SSSR count). The van der Waals surface area contributed by atoms with E-state index < -0.39 is 28.8 Å². The number of nitro benzene ring substituents is 1. The molecule has 0 bridgehead atoms. The fourth-order valence-corrected chi connectivity index (χ4v) is 2.48. The summed E-state index contributed by atoms with van der Waals surface area (Å²) >= 11 is 3.09. The van der Waals surface area contributed by atoms with E-state index in [9.17, 15) is 19.7 Å². The first-order valence-corrected chi connectivity index (χ1v) is 6.74. The number of carbonyl (C=O) groups excluding carboxylic acids is 1. The van der Waals surface area contributed by atoms with Gasteiger partial charge in [-0.05, 0) is 6.07 Å². The molecule has 2 unspecified atom stereocenters. The van der Waals surface area contributed by atoms with Gasteiger partial charge in [0.2, 0.25) is 0 Å². The van der Waals surface area contributed by atoms with Gasteiger partial charge >= 0.3 is 5.97 Å². The van der Waals surface area contributed by atoms with Crippen molar-refractivity contribution < 1.29 is 24.4 Å². The molecule has 0 saturated carbocycles. The lowest BCUT2D eigenvalue weighted by atomic mass is 10.0. The molecule has 2 N–H and O–H groups in total. The Hall–Kier alpha value is -2.00. The number of halogens is 1. The third-order valence-corrected chi connectivity index (χ3v) is 3.53. The fraction of sp³-hybridized carbons (Fsp3) is 0.333. The lowest BCUT2D eigenvalue weighted by Gasteiger charge is -2.15. The van der Waals surface area contributed by atoms with Crippen LogP contribution in [0, 0.1) is 16.0 Å². The van der Waals surface area contributed by atoms with E-state index >= 15 is 0 Å². The van der Waals surface area contributed by atoms with Gasteiger partial charge in [-0.25, -0.2) is 0 Å². The SMILES string of the molecule is O=C(NC1COCC1C(=O)O)c1cc(Br)cc([N+](=O)[O-])c1. The molecule has 1 aliphatic heterocycles. The largest absolute Gasteiger partial charge is 0.481 e. The highest BCUT2D eigenvalue weighted by molar-refractivity contribution is 9.10. The summed E-state index contributed by atoms with van der Waals surface area (Å²) in [7, 11) is 0. The topological polar surface area (TPSA) is 119 Å². The Kier molecular flexibility index (Phi) is 4.53. The number of carboxylic acids is 1. The van der Waals surface area contributed by atoms with Crippen LogP contribution in [-0.4, -0.2) is 41.2 Å². The van der Waals surface area contributed by atoms with Gasteiger partial charge in [-0.15, -0.1) is 0 Å². The zero-order chi connectivity index (χ0) is 15.6. The van der Waals surface area contributed by atoms with Gasteiger partial charge in [0.25, 0.3) is 11.6 Å². The van der Waals surface area contributed by atoms with E-state index in [1.54, 1.807) is 0 Å². The standard InChI is InChI=1S/C12H11BrN2O6/c13-7-1-6(2-8(3-7)15(19)20)11(16)14-10-5-21-4-9(10)12(17)18/h1-3,9-10H,4-5H2,(H,14,16)(H,17,18). The normalized spacial score (nSPS) is 21.0. The van der Waals surface area contributed by atoms with Gasteiger partial charge in [0.1, 0.15) is 5.92 Å². The Morgan fingerprint density at radius 2 is 2.10 bits per heavy atom. The van der Waals surface area contributed by atoms with Crippen LogP contribution in [0.4, 0.5) is 5.69 Å². The first kappa shape index (κ1) is 15.4. The number of non-ortho nitro benzene ring substituents is 1. The minimum absolute atomic E-state index is 0.0267. The molecule has 1 heterocycles. The van der Waals surface area contributed by atoms with Crippen molar-refractivity contribution >= 4 is 33.5 Å². The number of rotatable bonds is 4. The summed E-state index contributed by atoms with van der Waals surface area (Å²) in [6.07, 6.45) is 0. The van der Waals surface area contributed by atoms with Crippen LogP contribution in [0.15, 0.2) is 22.7 Å². The maximum absolute atomic E-state index is 12.1. The minimum atomic E-state index is -1.06. The molecule has 0 aromatic heterocycles. The molecule has 2 atom stereocenters. The number of carbonyl (C=O) groups is 2. The zero-order valence-corrected chi connectivity index (χ0v) is 12.2. The number of hydrogen-bond acceptors (Lipinski definition) is 5. The number of amides is 1. The monoisotopic (exact) mass is 358 g/mol. The van der Waals surface area contributed by atoms with E-state index in [1.807, 2.05) is 0 Å². The number of nitrogens with one attached hydrogen (secondary N) is 1. The Morgan fingerprint density at radius 1 is 1.38 bits per heavy atom. The van der Waals surface area contributed by atoms with Crippen molar-refractivity contribution in [3.8, 4) is 0 Å². The summed E-state index contributed by atoms with van der Waals surface area (Å²) in [6, 6.07) is 3.17. The molecule has 0 spiro atoms. The second kappa shape index (κ2) is 6.19. The molecule has 1 aromatic carbocycles. The highest BCUT2D eigenvalue weighted by Gasteiger charge is 2.35. The Balaban J connectivity index is 2.17. The third kappa shape index (κ3) is 3.56. The number of carboxylic acid groups (broad SMARTS) is 1. The molecular weight excluding hydrogens is 348 g/mol. The van der Waals surface area contributed by atoms with Crippen LogP contribution < -0.4 is 5.32 Å². The number of nitrogens with zero attached hydrogens (tertiary/aromatic N) is 1. The first-order chi connectivity index (χ1) is 9.88. The molecule has 0 aliphatic carbocycles. The molecule has 1 aromatic rings. The van der Waals surface area contributed by atoms with Gasteiger partial charge in [-0.2, -0.15) is 0 Å². The maximum atomic E-state index is 12.1. The summed E-state index contributed by atoms with van der Waals surface area (Å²) in [4.78, 5) is 33.3. The van der Waals surface area contributed by atoms with Crippen molar-refractivity contribution in [3.05, 3.63) is 38.3 Å². The van der Waals surface area contributed by atoms with E-state index in [4.69, 9.17) is 9.84 Å². The van der Waals surface area contributed by atoms with Crippen LogP contribution in [0.3, 0.4) is 0 Å². The molecular formula is C12H11BrN2O6. The summed E-state index contributed by atoms with van der Waals surface area (Å²) in [5.74, 6) is -2.46. The van der Waals surface area contributed by atoms with E-state index in [2.05, 4.69) is 21.2 Å². The summed E-state index contributed by atoms with van der Waals surface area (Å²) in [6.45, 7) is 0.123. The van der Waals surface area contributed by atoms with Gasteiger partial charge in [0.15, 0.2) is 0 Å². The quantitative estimate of drug-likeness (QED) is 0.616. The Morgan fingerprint density at radius 3 is 2.71 bits per heavy atom. The summed E-state index contributed by atoms with van der Waals surface area (Å²) in [5, 5.41) is 22.3. The smallest absolute Gasteiger partial charge is 0.311 e. The van der Waals surface area contributed by atoms with E-state index in [1.165, 1.54) is 12.1 Å². The van der Waals surface area contributed by atoms with Crippen molar-refractivity contribution in [2.45, 2.75) is 6.04 Å². The number of nitro groups is 1. The second-order valence-electron chi connectivity index (χ2n) is 4.52. The summed E-state index contributed by atoms with van der Waals surface area (Å²) < 4.78 is 5.43. The Labute approximate surface area is 127 Å². The number of aliphatic carboxylic acids is 1. The van der Waals surface area contributed by atoms with Gasteiger partial charge in [-0.3, -0.25) is 19.7 Å². The fourth-order valence-electron chi connectivity index (χ4n) is 2.00. The lowest BCUT2D eigenvalue weighted by Crippen LogP contribution is -2.42. The molecule has 8 nitrogen and oxygen atoms in total.